The van der Waals surface area contributed by atoms with Gasteiger partial charge in [-0.3, -0.25) is 4.79 Å². The van der Waals surface area contributed by atoms with Gasteiger partial charge in [0.05, 0.1) is 11.4 Å². The van der Waals surface area contributed by atoms with Crippen molar-refractivity contribution in [2.75, 3.05) is 20.2 Å². The van der Waals surface area contributed by atoms with Crippen LogP contribution in [0, 0.1) is 5.82 Å². The van der Waals surface area contributed by atoms with Crippen LogP contribution in [-0.2, 0) is 14.8 Å². The van der Waals surface area contributed by atoms with Crippen molar-refractivity contribution in [3.05, 3.63) is 66.0 Å². The molecule has 138 valence electrons. The molecule has 0 unspecified atom stereocenters. The normalized spacial score (nSPS) is 11.5. The van der Waals surface area contributed by atoms with E-state index in [2.05, 4.69) is 10.0 Å². The molecule has 2 rings (SSSR count). The maximum Gasteiger partial charge on any atom is 0.244 e. The van der Waals surface area contributed by atoms with Crippen molar-refractivity contribution >= 4 is 22.0 Å². The molecular weight excluding hydrogens is 359 g/mol. The Hall–Kier alpha value is -2.71. The number of amides is 1. The molecule has 2 N–H and O–H groups in total. The Morgan fingerprint density at radius 2 is 1.77 bits per heavy atom. The Kier molecular flexibility index (Phi) is 6.88. The summed E-state index contributed by atoms with van der Waals surface area (Å²) in [4.78, 5) is 11.9. The molecule has 8 heteroatoms. The van der Waals surface area contributed by atoms with Gasteiger partial charge in [0.15, 0.2) is 0 Å². The van der Waals surface area contributed by atoms with E-state index in [0.29, 0.717) is 17.9 Å². The fourth-order valence-corrected chi connectivity index (χ4v) is 2.71. The van der Waals surface area contributed by atoms with Crippen molar-refractivity contribution in [3.63, 3.8) is 0 Å². The Bertz CT molecular complexity index is 863. The van der Waals surface area contributed by atoms with Crippen LogP contribution in [0.2, 0.25) is 0 Å². The highest BCUT2D eigenvalue weighted by atomic mass is 32.2. The summed E-state index contributed by atoms with van der Waals surface area (Å²) in [6.45, 7) is 0.543. The van der Waals surface area contributed by atoms with E-state index in [-0.39, 0.29) is 23.2 Å². The number of hydrogen-bond acceptors (Lipinski definition) is 4. The summed E-state index contributed by atoms with van der Waals surface area (Å²) in [5.41, 5.74) is 0.692. The molecular formula is C18H19FN2O4S. The Labute approximate surface area is 151 Å². The number of carbonyl (C=O) groups is 1. The Balaban J connectivity index is 1.77. The summed E-state index contributed by atoms with van der Waals surface area (Å²) < 4.78 is 43.6. The number of nitrogens with one attached hydrogen (secondary N) is 2. The fourth-order valence-electron chi connectivity index (χ4n) is 1.98. The van der Waals surface area contributed by atoms with Crippen molar-refractivity contribution in [3.8, 4) is 5.75 Å². The summed E-state index contributed by atoms with van der Waals surface area (Å²) in [5.74, 6) is -0.125. The first-order valence-electron chi connectivity index (χ1n) is 7.78. The Morgan fingerprint density at radius 1 is 1.12 bits per heavy atom. The molecule has 0 heterocycles. The second kappa shape index (κ2) is 9.12. The highest BCUT2D eigenvalue weighted by molar-refractivity contribution is 7.89. The van der Waals surface area contributed by atoms with Crippen LogP contribution in [0.25, 0.3) is 6.08 Å². The van der Waals surface area contributed by atoms with Gasteiger partial charge in [-0.2, -0.15) is 0 Å². The molecule has 0 aliphatic heterocycles. The first kappa shape index (κ1) is 19.6. The van der Waals surface area contributed by atoms with Crippen LogP contribution >= 0.6 is 0 Å². The maximum absolute atomic E-state index is 12.8. The molecule has 2 aromatic carbocycles. The minimum atomic E-state index is -3.47. The zero-order chi connectivity index (χ0) is 19.0. The molecule has 0 spiro atoms. The predicted molar refractivity (Wildman–Crippen MR) is 96.6 cm³/mol. The number of halogens is 1. The molecule has 0 saturated carbocycles. The van der Waals surface area contributed by atoms with E-state index >= 15 is 0 Å². The fraction of sp³-hybridized carbons (Fsp3) is 0.167. The second-order valence-electron chi connectivity index (χ2n) is 5.20. The van der Waals surface area contributed by atoms with Crippen molar-refractivity contribution in [2.45, 2.75) is 4.90 Å². The molecule has 0 fully saturated rings. The molecule has 0 bridgehead atoms. The van der Waals surface area contributed by atoms with Crippen LogP contribution in [0.1, 0.15) is 5.56 Å². The van der Waals surface area contributed by atoms with E-state index in [1.54, 1.807) is 18.2 Å². The van der Waals surface area contributed by atoms with Gasteiger partial charge in [0.1, 0.15) is 18.2 Å². The monoisotopic (exact) mass is 378 g/mol. The van der Waals surface area contributed by atoms with Crippen molar-refractivity contribution in [1.82, 2.24) is 10.0 Å². The van der Waals surface area contributed by atoms with E-state index < -0.39 is 10.0 Å². The number of ether oxygens (including phenoxy) is 1. The minimum absolute atomic E-state index is 0.152. The van der Waals surface area contributed by atoms with E-state index in [9.17, 15) is 17.6 Å². The quantitative estimate of drug-likeness (QED) is 0.543. The first-order valence-corrected chi connectivity index (χ1v) is 9.27. The SMILES string of the molecule is CNS(=O)(=O)c1ccc(/C=C/C(=O)NCCOc2ccc(F)cc2)cc1. The number of hydrogen-bond donors (Lipinski definition) is 2. The maximum atomic E-state index is 12.8. The van der Waals surface area contributed by atoms with Crippen LogP contribution in [0.4, 0.5) is 4.39 Å². The number of rotatable bonds is 8. The van der Waals surface area contributed by atoms with Crippen molar-refractivity contribution in [2.24, 2.45) is 0 Å². The first-order chi connectivity index (χ1) is 12.4. The second-order valence-corrected chi connectivity index (χ2v) is 7.09. The summed E-state index contributed by atoms with van der Waals surface area (Å²) >= 11 is 0. The average Bonchev–Trinajstić information content (AvgIpc) is 2.65. The molecule has 6 nitrogen and oxygen atoms in total. The zero-order valence-corrected chi connectivity index (χ0v) is 14.9. The third-order valence-corrected chi connectivity index (χ3v) is 4.80. The third-order valence-electron chi connectivity index (χ3n) is 3.37. The number of carbonyl (C=O) groups excluding carboxylic acids is 1. The van der Waals surface area contributed by atoms with Gasteiger partial charge in [-0.25, -0.2) is 17.5 Å². The summed E-state index contributed by atoms with van der Waals surface area (Å²) in [5, 5.41) is 2.65. The lowest BCUT2D eigenvalue weighted by Gasteiger charge is -2.06. The topological polar surface area (TPSA) is 84.5 Å². The summed E-state index contributed by atoms with van der Waals surface area (Å²) in [7, 11) is -2.13. The molecule has 1 amide bonds. The highest BCUT2D eigenvalue weighted by Crippen LogP contribution is 2.11. The van der Waals surface area contributed by atoms with E-state index in [4.69, 9.17) is 4.74 Å². The Morgan fingerprint density at radius 3 is 2.38 bits per heavy atom. The molecule has 0 aromatic heterocycles. The van der Waals surface area contributed by atoms with Crippen LogP contribution < -0.4 is 14.8 Å². The molecule has 0 atom stereocenters. The molecule has 0 saturated heterocycles. The molecule has 0 aliphatic rings. The lowest BCUT2D eigenvalue weighted by Crippen LogP contribution is -2.26. The van der Waals surface area contributed by atoms with E-state index in [1.165, 1.54) is 49.5 Å². The predicted octanol–water partition coefficient (Wildman–Crippen LogP) is 1.94. The molecule has 2 aromatic rings. The highest BCUT2D eigenvalue weighted by Gasteiger charge is 2.09. The summed E-state index contributed by atoms with van der Waals surface area (Å²) in [6.07, 6.45) is 2.92. The zero-order valence-electron chi connectivity index (χ0n) is 14.1. The lowest BCUT2D eigenvalue weighted by molar-refractivity contribution is -0.116. The molecule has 0 aliphatic carbocycles. The van der Waals surface area contributed by atoms with Crippen LogP contribution in [0.5, 0.6) is 5.75 Å². The van der Waals surface area contributed by atoms with Gasteiger partial charge >= 0.3 is 0 Å². The van der Waals surface area contributed by atoms with Gasteiger partial charge in [0, 0.05) is 6.08 Å². The van der Waals surface area contributed by atoms with Gasteiger partial charge in [-0.15, -0.1) is 0 Å². The van der Waals surface area contributed by atoms with Crippen molar-refractivity contribution < 1.29 is 22.3 Å². The third kappa shape index (κ3) is 5.98. The smallest absolute Gasteiger partial charge is 0.244 e. The lowest BCUT2D eigenvalue weighted by atomic mass is 10.2. The van der Waals surface area contributed by atoms with Crippen LogP contribution in [-0.4, -0.2) is 34.5 Å². The van der Waals surface area contributed by atoms with Gasteiger partial charge in [-0.1, -0.05) is 12.1 Å². The largest absolute Gasteiger partial charge is 0.492 e. The molecule has 0 radical (unpaired) electrons. The van der Waals surface area contributed by atoms with Gasteiger partial charge in [0.25, 0.3) is 0 Å². The number of sulfonamides is 1. The molecule has 26 heavy (non-hydrogen) atoms. The van der Waals surface area contributed by atoms with Gasteiger partial charge < -0.3 is 10.1 Å². The van der Waals surface area contributed by atoms with Crippen molar-refractivity contribution in [1.29, 1.82) is 0 Å². The average molecular weight is 378 g/mol. The van der Waals surface area contributed by atoms with Crippen LogP contribution in [0.15, 0.2) is 59.5 Å². The standard InChI is InChI=1S/C18H19FN2O4S/c1-20-26(23,24)17-9-2-14(3-10-17)4-11-18(22)21-12-13-25-16-7-5-15(19)6-8-16/h2-11,20H,12-13H2,1H3,(H,21,22)/b11-4+. The van der Waals surface area contributed by atoms with Gasteiger partial charge in [0.2, 0.25) is 15.9 Å². The summed E-state index contributed by atoms with van der Waals surface area (Å²) in [6, 6.07) is 11.7. The minimum Gasteiger partial charge on any atom is -0.492 e. The number of benzene rings is 2. The van der Waals surface area contributed by atoms with E-state index in [1.807, 2.05) is 0 Å². The van der Waals surface area contributed by atoms with Crippen LogP contribution in [0.3, 0.4) is 0 Å². The van der Waals surface area contributed by atoms with E-state index in [0.717, 1.165) is 0 Å². The van der Waals surface area contributed by atoms with Gasteiger partial charge in [-0.05, 0) is 55.1 Å².